The van der Waals surface area contributed by atoms with Crippen molar-refractivity contribution in [2.45, 2.75) is 31.1 Å². The summed E-state index contributed by atoms with van der Waals surface area (Å²) in [7, 11) is 3.15. The maximum absolute atomic E-state index is 14.3. The Morgan fingerprint density at radius 2 is 1.82 bits per heavy atom. The molecular weight excluding hydrogens is 668 g/mol. The molecule has 0 saturated heterocycles. The van der Waals surface area contributed by atoms with Crippen LogP contribution in [0.3, 0.4) is 0 Å². The van der Waals surface area contributed by atoms with Crippen LogP contribution in [0.2, 0.25) is 0 Å². The number of para-hydroxylation sites is 1. The van der Waals surface area contributed by atoms with E-state index >= 15 is 0 Å². The lowest BCUT2D eigenvalue weighted by Crippen LogP contribution is -2.29. The normalized spacial score (nSPS) is 14.0. The van der Waals surface area contributed by atoms with Gasteiger partial charge >= 0.3 is 0 Å². The van der Waals surface area contributed by atoms with E-state index in [2.05, 4.69) is 15.5 Å². The van der Waals surface area contributed by atoms with E-state index in [1.807, 2.05) is 66.9 Å². The zero-order valence-corrected chi connectivity index (χ0v) is 28.6. The smallest absolute Gasteiger partial charge is 0.254 e. The summed E-state index contributed by atoms with van der Waals surface area (Å²) in [4.78, 5) is 27.8. The number of aromatic nitrogens is 3. The number of hydrogen-bond donors (Lipinski definition) is 1. The number of rotatable bonds is 13. The Morgan fingerprint density at radius 1 is 1.00 bits per heavy atom. The van der Waals surface area contributed by atoms with E-state index in [9.17, 15) is 14.0 Å². The van der Waals surface area contributed by atoms with Crippen LogP contribution in [-0.2, 0) is 11.3 Å². The molecular formula is C35H33FN6O5S2. The number of amides is 2. The number of hydrazone groups is 1. The van der Waals surface area contributed by atoms with Crippen LogP contribution >= 0.6 is 23.1 Å². The van der Waals surface area contributed by atoms with Gasteiger partial charge in [-0.3, -0.25) is 14.2 Å². The molecule has 49 heavy (non-hydrogen) atoms. The van der Waals surface area contributed by atoms with Crippen molar-refractivity contribution in [1.29, 1.82) is 0 Å². The van der Waals surface area contributed by atoms with Crippen molar-refractivity contribution in [3.05, 3.63) is 112 Å². The molecule has 0 radical (unpaired) electrons. The molecule has 1 N–H and O–H groups in total. The highest BCUT2D eigenvalue weighted by molar-refractivity contribution is 7.99. The molecule has 1 aliphatic heterocycles. The lowest BCUT2D eigenvalue weighted by Gasteiger charge is -2.24. The summed E-state index contributed by atoms with van der Waals surface area (Å²) >= 11 is 2.75. The molecule has 252 valence electrons. The Hall–Kier alpha value is -5.21. The van der Waals surface area contributed by atoms with Crippen LogP contribution in [0.15, 0.2) is 94.5 Å². The molecule has 3 aromatic carbocycles. The molecule has 1 atom stereocenters. The third-order valence-electron chi connectivity index (χ3n) is 7.72. The minimum atomic E-state index is -0.626. The minimum Gasteiger partial charge on any atom is -0.494 e. The Labute approximate surface area is 290 Å². The lowest BCUT2D eigenvalue weighted by atomic mass is 9.99. The van der Waals surface area contributed by atoms with Crippen molar-refractivity contribution in [1.82, 2.24) is 25.1 Å². The van der Waals surface area contributed by atoms with Crippen molar-refractivity contribution in [2.75, 3.05) is 26.6 Å². The summed E-state index contributed by atoms with van der Waals surface area (Å²) in [6.45, 7) is 2.37. The summed E-state index contributed by atoms with van der Waals surface area (Å²) in [5.41, 5.74) is 2.19. The van der Waals surface area contributed by atoms with Crippen LogP contribution in [0.1, 0.15) is 46.0 Å². The van der Waals surface area contributed by atoms with Gasteiger partial charge in [-0.1, -0.05) is 42.1 Å². The Balaban J connectivity index is 1.27. The van der Waals surface area contributed by atoms with Gasteiger partial charge in [0.2, 0.25) is 0 Å². The first-order valence-electron chi connectivity index (χ1n) is 15.4. The van der Waals surface area contributed by atoms with Crippen molar-refractivity contribution >= 4 is 40.6 Å². The zero-order chi connectivity index (χ0) is 34.3. The molecule has 14 heteroatoms. The van der Waals surface area contributed by atoms with Gasteiger partial charge in [0, 0.05) is 17.7 Å². The van der Waals surface area contributed by atoms with Gasteiger partial charge < -0.3 is 19.5 Å². The van der Waals surface area contributed by atoms with Gasteiger partial charge in [0.15, 0.2) is 22.5 Å². The summed E-state index contributed by atoms with van der Waals surface area (Å²) in [6, 6.07) is 22.2. The van der Waals surface area contributed by atoms with Gasteiger partial charge in [0.05, 0.1) is 55.3 Å². The quantitative estimate of drug-likeness (QED) is 0.143. The van der Waals surface area contributed by atoms with Crippen LogP contribution in [0.5, 0.6) is 17.2 Å². The maximum Gasteiger partial charge on any atom is 0.254 e. The predicted octanol–water partition coefficient (Wildman–Crippen LogP) is 6.28. The molecule has 1 aliphatic rings. The number of methoxy groups -OCH3 is 2. The monoisotopic (exact) mass is 700 g/mol. The molecule has 0 fully saturated rings. The SMILES string of the molecule is CCOc1ccc(-n2c(CNC(=O)c3ccccc3F)nnc2SCC(=O)N2N=C(c3cccs3)C[C@H]2c2cccc(OC)c2OC)cc1. The van der Waals surface area contributed by atoms with E-state index in [1.165, 1.54) is 35.0 Å². The number of nitrogens with one attached hydrogen (secondary N) is 1. The molecule has 2 amide bonds. The van der Waals surface area contributed by atoms with Crippen molar-refractivity contribution in [2.24, 2.45) is 5.10 Å². The summed E-state index contributed by atoms with van der Waals surface area (Å²) in [5.74, 6) is 0.704. The van der Waals surface area contributed by atoms with E-state index in [-0.39, 0.29) is 23.8 Å². The zero-order valence-electron chi connectivity index (χ0n) is 27.0. The highest BCUT2D eigenvalue weighted by Gasteiger charge is 2.36. The van der Waals surface area contributed by atoms with Crippen molar-refractivity contribution in [3.63, 3.8) is 0 Å². The van der Waals surface area contributed by atoms with Crippen LogP contribution in [0, 0.1) is 5.82 Å². The van der Waals surface area contributed by atoms with Gasteiger partial charge in [0.1, 0.15) is 11.6 Å². The highest BCUT2D eigenvalue weighted by atomic mass is 32.2. The Kier molecular flexibility index (Phi) is 10.5. The summed E-state index contributed by atoms with van der Waals surface area (Å²) in [6.07, 6.45) is 0.495. The first kappa shape index (κ1) is 33.7. The molecule has 11 nitrogen and oxygen atoms in total. The molecule has 6 rings (SSSR count). The van der Waals surface area contributed by atoms with E-state index in [0.717, 1.165) is 16.2 Å². The number of carbonyl (C=O) groups excluding carboxylic acids is 2. The van der Waals surface area contributed by atoms with Crippen LogP contribution in [0.25, 0.3) is 5.69 Å². The lowest BCUT2D eigenvalue weighted by molar-refractivity contribution is -0.130. The van der Waals surface area contributed by atoms with E-state index in [0.29, 0.717) is 46.9 Å². The van der Waals surface area contributed by atoms with Crippen LogP contribution in [-0.4, -0.2) is 63.9 Å². The number of halogens is 1. The average molecular weight is 701 g/mol. The third kappa shape index (κ3) is 7.29. The largest absolute Gasteiger partial charge is 0.494 e. The van der Waals surface area contributed by atoms with Crippen LogP contribution < -0.4 is 19.5 Å². The Morgan fingerprint density at radius 3 is 2.53 bits per heavy atom. The number of hydrogen-bond acceptors (Lipinski definition) is 10. The highest BCUT2D eigenvalue weighted by Crippen LogP contribution is 2.42. The fourth-order valence-electron chi connectivity index (χ4n) is 5.47. The second-order valence-corrected chi connectivity index (χ2v) is 12.6. The number of thioether (sulfide) groups is 1. The van der Waals surface area contributed by atoms with Gasteiger partial charge in [-0.05, 0) is 60.8 Å². The molecule has 0 saturated carbocycles. The van der Waals surface area contributed by atoms with Crippen molar-refractivity contribution in [3.8, 4) is 22.9 Å². The molecule has 0 unspecified atom stereocenters. The van der Waals surface area contributed by atoms with Gasteiger partial charge in [0.25, 0.3) is 11.8 Å². The maximum atomic E-state index is 14.3. The molecule has 5 aromatic rings. The van der Waals surface area contributed by atoms with Gasteiger partial charge in [-0.2, -0.15) is 5.10 Å². The topological polar surface area (TPSA) is 120 Å². The van der Waals surface area contributed by atoms with Gasteiger partial charge in [-0.15, -0.1) is 21.5 Å². The number of thiophene rings is 1. The molecule has 2 aromatic heterocycles. The van der Waals surface area contributed by atoms with Crippen molar-refractivity contribution < 1.29 is 28.2 Å². The third-order valence-corrected chi connectivity index (χ3v) is 9.55. The minimum absolute atomic E-state index is 0.0131. The number of nitrogens with zero attached hydrogens (tertiary/aromatic N) is 5. The average Bonchev–Trinajstić information content (AvgIpc) is 3.90. The fourth-order valence-corrected chi connectivity index (χ4v) is 7.01. The molecule has 0 bridgehead atoms. The second-order valence-electron chi connectivity index (χ2n) is 10.7. The summed E-state index contributed by atoms with van der Waals surface area (Å²) in [5, 5.41) is 20.1. The number of carbonyl (C=O) groups is 2. The molecule has 0 spiro atoms. The van der Waals surface area contributed by atoms with E-state index in [1.54, 1.807) is 36.2 Å². The summed E-state index contributed by atoms with van der Waals surface area (Å²) < 4.78 is 32.9. The first-order chi connectivity index (χ1) is 23.9. The van der Waals surface area contributed by atoms with E-state index < -0.39 is 17.8 Å². The standard InChI is InChI=1S/C35H33FN6O5S2/c1-4-47-23-16-14-22(15-17-23)41-31(20-37-34(44)24-9-5-6-11-26(24)36)38-39-35(41)49-21-32(43)42-28(19-27(40-42)30-13-8-18-48-30)25-10-7-12-29(45-2)33(25)46-3/h5-18,28H,4,19-21H2,1-3H3,(H,37,44)/t28-/m0/s1. The predicted molar refractivity (Wildman–Crippen MR) is 185 cm³/mol. The van der Waals surface area contributed by atoms with Gasteiger partial charge in [-0.25, -0.2) is 9.40 Å². The number of benzene rings is 3. The van der Waals surface area contributed by atoms with E-state index in [4.69, 9.17) is 19.3 Å². The Bertz CT molecular complexity index is 1970. The molecule has 0 aliphatic carbocycles. The fraction of sp³-hybridized carbons (Fsp3) is 0.229. The number of ether oxygens (including phenoxy) is 3. The molecule has 3 heterocycles. The second kappa shape index (κ2) is 15.3. The first-order valence-corrected chi connectivity index (χ1v) is 17.3. The van der Waals surface area contributed by atoms with Crippen LogP contribution in [0.4, 0.5) is 4.39 Å².